The van der Waals surface area contributed by atoms with E-state index in [1.165, 1.54) is 0 Å². The lowest BCUT2D eigenvalue weighted by Crippen LogP contribution is -2.19. The molecule has 1 unspecified atom stereocenters. The molecule has 1 N–H and O–H groups in total. The molecule has 4 rings (SSSR count). The zero-order valence-electron chi connectivity index (χ0n) is 15.1. The van der Waals surface area contributed by atoms with Crippen LogP contribution in [0.4, 0.5) is 5.69 Å². The molecule has 4 aromatic rings. The number of hydrogen-bond donors (Lipinski definition) is 1. The highest BCUT2D eigenvalue weighted by Crippen LogP contribution is 2.25. The van der Waals surface area contributed by atoms with Crippen molar-refractivity contribution >= 4 is 11.3 Å². The molecule has 0 spiro atoms. The van der Waals surface area contributed by atoms with Gasteiger partial charge in [0.1, 0.15) is 12.1 Å². The van der Waals surface area contributed by atoms with E-state index in [0.29, 0.717) is 5.65 Å². The molecule has 8 nitrogen and oxygen atoms in total. The largest absolute Gasteiger partial charge is 0.497 e. The van der Waals surface area contributed by atoms with Gasteiger partial charge in [0.15, 0.2) is 0 Å². The lowest BCUT2D eigenvalue weighted by Gasteiger charge is -2.16. The van der Waals surface area contributed by atoms with Crippen molar-refractivity contribution in [1.82, 2.24) is 29.8 Å². The first-order valence-electron chi connectivity index (χ1n) is 8.60. The van der Waals surface area contributed by atoms with Gasteiger partial charge in [0, 0.05) is 36.6 Å². The molecule has 0 aliphatic rings. The normalized spacial score (nSPS) is 12.1. The summed E-state index contributed by atoms with van der Waals surface area (Å²) in [7, 11) is 1.65. The number of hydrogen-bond acceptors (Lipinski definition) is 7. The quantitative estimate of drug-likeness (QED) is 0.564. The minimum atomic E-state index is 0.133. The first-order chi connectivity index (χ1) is 13.2. The molecule has 0 aliphatic heterocycles. The van der Waals surface area contributed by atoms with Crippen LogP contribution in [0.25, 0.3) is 16.9 Å². The summed E-state index contributed by atoms with van der Waals surface area (Å²) in [6, 6.07) is 9.90. The summed E-state index contributed by atoms with van der Waals surface area (Å²) >= 11 is 0. The highest BCUT2D eigenvalue weighted by molar-refractivity contribution is 5.73. The second-order valence-electron chi connectivity index (χ2n) is 6.22. The van der Waals surface area contributed by atoms with Crippen LogP contribution in [0.3, 0.4) is 0 Å². The van der Waals surface area contributed by atoms with E-state index in [1.807, 2.05) is 30.3 Å². The van der Waals surface area contributed by atoms with E-state index in [1.54, 1.807) is 36.5 Å². The van der Waals surface area contributed by atoms with E-state index >= 15 is 0 Å². The molecule has 0 bridgehead atoms. The molecule has 0 saturated heterocycles. The number of methoxy groups -OCH3 is 1. The summed E-state index contributed by atoms with van der Waals surface area (Å²) in [5, 5.41) is 16.3. The molecule has 0 radical (unpaired) electrons. The van der Waals surface area contributed by atoms with Gasteiger partial charge < -0.3 is 10.1 Å². The molecule has 136 valence electrons. The minimum Gasteiger partial charge on any atom is -0.497 e. The van der Waals surface area contributed by atoms with Crippen LogP contribution in [-0.4, -0.2) is 42.9 Å². The monoisotopic (exact) mass is 361 g/mol. The van der Waals surface area contributed by atoms with Crippen molar-refractivity contribution in [1.29, 1.82) is 0 Å². The van der Waals surface area contributed by atoms with E-state index in [0.717, 1.165) is 34.8 Å². The summed E-state index contributed by atoms with van der Waals surface area (Å²) in [5.74, 6) is 0.806. The third-order valence-electron chi connectivity index (χ3n) is 4.19. The van der Waals surface area contributed by atoms with Crippen LogP contribution in [0.5, 0.6) is 5.75 Å². The predicted molar refractivity (Wildman–Crippen MR) is 102 cm³/mol. The van der Waals surface area contributed by atoms with E-state index in [4.69, 9.17) is 4.74 Å². The highest BCUT2D eigenvalue weighted by Gasteiger charge is 2.13. The Morgan fingerprint density at radius 2 is 2.04 bits per heavy atom. The molecule has 8 heteroatoms. The Hall–Kier alpha value is -3.55. The van der Waals surface area contributed by atoms with Gasteiger partial charge in [-0.15, -0.1) is 10.2 Å². The zero-order valence-corrected chi connectivity index (χ0v) is 15.1. The molecule has 0 saturated carbocycles. The first-order valence-corrected chi connectivity index (χ1v) is 8.60. The fraction of sp³-hybridized carbons (Fsp3) is 0.211. The average molecular weight is 361 g/mol. The number of ether oxygens (including phenoxy) is 1. The molecule has 0 fully saturated rings. The van der Waals surface area contributed by atoms with Gasteiger partial charge in [-0.05, 0) is 37.3 Å². The molecule has 1 aromatic carbocycles. The fourth-order valence-corrected chi connectivity index (χ4v) is 2.90. The number of aromatic nitrogens is 6. The molecule has 3 aromatic heterocycles. The Morgan fingerprint density at radius 1 is 1.19 bits per heavy atom. The first kappa shape index (κ1) is 16.9. The third-order valence-corrected chi connectivity index (χ3v) is 4.19. The average Bonchev–Trinajstić information content (AvgIpc) is 3.18. The van der Waals surface area contributed by atoms with Crippen LogP contribution in [0.15, 0.2) is 55.2 Å². The maximum absolute atomic E-state index is 5.23. The Bertz CT molecular complexity index is 1030. The van der Waals surface area contributed by atoms with Crippen molar-refractivity contribution in [3.63, 3.8) is 0 Å². The number of nitrogens with one attached hydrogen (secondary N) is 1. The fourth-order valence-electron chi connectivity index (χ4n) is 2.90. The summed E-state index contributed by atoms with van der Waals surface area (Å²) in [6.07, 6.45) is 7.49. The Balaban J connectivity index is 1.64. The number of anilines is 1. The van der Waals surface area contributed by atoms with E-state index in [-0.39, 0.29) is 6.04 Å². The minimum absolute atomic E-state index is 0.133. The van der Waals surface area contributed by atoms with Gasteiger partial charge in [-0.3, -0.25) is 9.97 Å². The molecule has 1 atom stereocenters. The smallest absolute Gasteiger partial charge is 0.200 e. The molecular weight excluding hydrogens is 342 g/mol. The van der Waals surface area contributed by atoms with Gasteiger partial charge in [-0.25, -0.2) is 0 Å². The lowest BCUT2D eigenvalue weighted by atomic mass is 10.1. The van der Waals surface area contributed by atoms with Crippen molar-refractivity contribution < 1.29 is 4.74 Å². The van der Waals surface area contributed by atoms with E-state index in [9.17, 15) is 0 Å². The lowest BCUT2D eigenvalue weighted by molar-refractivity contribution is 0.415. The van der Waals surface area contributed by atoms with E-state index < -0.39 is 0 Å². The van der Waals surface area contributed by atoms with Crippen LogP contribution < -0.4 is 10.1 Å². The second-order valence-corrected chi connectivity index (χ2v) is 6.22. The maximum atomic E-state index is 5.23. The third kappa shape index (κ3) is 3.69. The van der Waals surface area contributed by atoms with Crippen LogP contribution >= 0.6 is 0 Å². The standard InChI is InChI=1S/C19H19N7O/c1-13(9-15-11-20-7-8-21-15)23-18-10-17(25-26-12-22-24-19(18)26)14-3-5-16(27-2)6-4-14/h3-8,10-13,23H,9H2,1-2H3. The van der Waals surface area contributed by atoms with Gasteiger partial charge in [0.25, 0.3) is 0 Å². The van der Waals surface area contributed by atoms with Gasteiger partial charge in [0.05, 0.1) is 24.2 Å². The predicted octanol–water partition coefficient (Wildman–Crippen LogP) is 2.63. The Kier molecular flexibility index (Phi) is 4.61. The van der Waals surface area contributed by atoms with Crippen LogP contribution in [0.2, 0.25) is 0 Å². The second kappa shape index (κ2) is 7.36. The number of fused-ring (bicyclic) bond motifs is 1. The van der Waals surface area contributed by atoms with Gasteiger partial charge in [-0.2, -0.15) is 9.61 Å². The summed E-state index contributed by atoms with van der Waals surface area (Å²) in [5.41, 5.74) is 4.28. The van der Waals surface area contributed by atoms with Crippen molar-refractivity contribution in [3.8, 4) is 17.0 Å². The van der Waals surface area contributed by atoms with Gasteiger partial charge in [0.2, 0.25) is 5.65 Å². The number of rotatable bonds is 6. The Morgan fingerprint density at radius 3 is 2.78 bits per heavy atom. The van der Waals surface area contributed by atoms with E-state index in [2.05, 4.69) is 37.5 Å². The molecule has 0 aliphatic carbocycles. The topological polar surface area (TPSA) is 90.1 Å². The van der Waals surface area contributed by atoms with Crippen molar-refractivity contribution in [3.05, 3.63) is 60.9 Å². The van der Waals surface area contributed by atoms with Crippen molar-refractivity contribution in [2.45, 2.75) is 19.4 Å². The molecule has 0 amide bonds. The van der Waals surface area contributed by atoms with Gasteiger partial charge >= 0.3 is 0 Å². The van der Waals surface area contributed by atoms with Gasteiger partial charge in [-0.1, -0.05) is 0 Å². The van der Waals surface area contributed by atoms with Crippen LogP contribution in [0, 0.1) is 0 Å². The highest BCUT2D eigenvalue weighted by atomic mass is 16.5. The summed E-state index contributed by atoms with van der Waals surface area (Å²) in [6.45, 7) is 2.09. The van der Waals surface area contributed by atoms with Crippen molar-refractivity contribution in [2.24, 2.45) is 0 Å². The summed E-state index contributed by atoms with van der Waals surface area (Å²) in [4.78, 5) is 8.45. The maximum Gasteiger partial charge on any atom is 0.200 e. The number of benzene rings is 1. The molecular formula is C19H19N7O. The number of nitrogens with zero attached hydrogens (tertiary/aromatic N) is 6. The summed E-state index contributed by atoms with van der Waals surface area (Å²) < 4.78 is 6.90. The van der Waals surface area contributed by atoms with Crippen LogP contribution in [0.1, 0.15) is 12.6 Å². The van der Waals surface area contributed by atoms with Crippen LogP contribution in [-0.2, 0) is 6.42 Å². The Labute approximate surface area is 156 Å². The van der Waals surface area contributed by atoms with Crippen molar-refractivity contribution in [2.75, 3.05) is 12.4 Å². The zero-order chi connectivity index (χ0) is 18.6. The molecule has 27 heavy (non-hydrogen) atoms. The SMILES string of the molecule is COc1ccc(-c2cc(NC(C)Cc3cnccn3)c3nncn3n2)cc1. The molecule has 3 heterocycles.